The van der Waals surface area contributed by atoms with Gasteiger partial charge in [-0.2, -0.15) is 0 Å². The van der Waals surface area contributed by atoms with Crippen LogP contribution < -0.4 is 4.90 Å². The number of hydrogen-bond acceptors (Lipinski definition) is 5. The highest BCUT2D eigenvalue weighted by atomic mass is 32.1. The van der Waals surface area contributed by atoms with Gasteiger partial charge in [0.1, 0.15) is 0 Å². The molecule has 0 saturated carbocycles. The maximum absolute atomic E-state index is 13.3. The lowest BCUT2D eigenvalue weighted by molar-refractivity contribution is -0.123. The van der Waals surface area contributed by atoms with Crippen LogP contribution in [-0.4, -0.2) is 41.3 Å². The summed E-state index contributed by atoms with van der Waals surface area (Å²) in [5, 5.41) is 4.58. The molecule has 0 bridgehead atoms. The maximum Gasteiger partial charge on any atom is 0.263 e. The number of hydrogen-bond donors (Lipinski definition) is 0. The van der Waals surface area contributed by atoms with Gasteiger partial charge in [-0.3, -0.25) is 14.5 Å². The monoisotopic (exact) mass is 437 g/mol. The molecule has 154 valence electrons. The molecule has 1 fully saturated rings. The molecule has 2 amide bonds. The van der Waals surface area contributed by atoms with Gasteiger partial charge in [-0.1, -0.05) is 42.5 Å². The highest BCUT2D eigenvalue weighted by Gasteiger charge is 2.32. The molecule has 30 heavy (non-hydrogen) atoms. The van der Waals surface area contributed by atoms with Crippen LogP contribution in [0.3, 0.4) is 0 Å². The van der Waals surface area contributed by atoms with Crippen LogP contribution in [0.25, 0.3) is 11.3 Å². The fourth-order valence-corrected chi connectivity index (χ4v) is 5.17. The Morgan fingerprint density at radius 2 is 1.90 bits per heavy atom. The summed E-state index contributed by atoms with van der Waals surface area (Å²) < 4.78 is 0. The van der Waals surface area contributed by atoms with Crippen molar-refractivity contribution in [1.82, 2.24) is 9.88 Å². The summed E-state index contributed by atoms with van der Waals surface area (Å²) in [6.45, 7) is 5.44. The molecule has 5 nitrogen and oxygen atoms in total. The average Bonchev–Trinajstić information content (AvgIpc) is 3.50. The molecule has 0 atom stereocenters. The summed E-state index contributed by atoms with van der Waals surface area (Å²) in [5.74, 6) is 0.0137. The van der Waals surface area contributed by atoms with Crippen molar-refractivity contribution in [3.8, 4) is 11.3 Å². The SMILES string of the molecule is C=CCN(C(=O)C1CCN(C(=O)c2cccs2)CC1)c1nc(-c2ccccc2)cs1. The van der Waals surface area contributed by atoms with E-state index in [1.807, 2.05) is 58.1 Å². The molecule has 3 heterocycles. The molecule has 0 N–H and O–H groups in total. The fourth-order valence-electron chi connectivity index (χ4n) is 3.63. The third kappa shape index (κ3) is 4.37. The Balaban J connectivity index is 1.44. The number of benzene rings is 1. The number of amides is 2. The van der Waals surface area contributed by atoms with Gasteiger partial charge in [-0.05, 0) is 24.3 Å². The van der Waals surface area contributed by atoms with Crippen molar-refractivity contribution in [2.24, 2.45) is 5.92 Å². The van der Waals surface area contributed by atoms with E-state index >= 15 is 0 Å². The third-order valence-corrected chi connectivity index (χ3v) is 6.96. The first-order valence-electron chi connectivity index (χ1n) is 9.93. The van der Waals surface area contributed by atoms with Crippen LogP contribution in [0.5, 0.6) is 0 Å². The number of anilines is 1. The Labute approximate surface area is 184 Å². The lowest BCUT2D eigenvalue weighted by atomic mass is 9.95. The van der Waals surface area contributed by atoms with Crippen LogP contribution in [0.1, 0.15) is 22.5 Å². The van der Waals surface area contributed by atoms with Gasteiger partial charge in [-0.25, -0.2) is 4.98 Å². The van der Waals surface area contributed by atoms with Gasteiger partial charge in [0.2, 0.25) is 5.91 Å². The predicted octanol–water partition coefficient (Wildman–Crippen LogP) is 4.94. The van der Waals surface area contributed by atoms with E-state index in [2.05, 4.69) is 6.58 Å². The van der Waals surface area contributed by atoms with Crippen LogP contribution >= 0.6 is 22.7 Å². The minimum absolute atomic E-state index is 0.0614. The van der Waals surface area contributed by atoms with E-state index in [1.165, 1.54) is 22.7 Å². The molecule has 1 aliphatic heterocycles. The molecule has 1 aliphatic rings. The fraction of sp³-hybridized carbons (Fsp3) is 0.261. The van der Waals surface area contributed by atoms with Crippen molar-refractivity contribution in [1.29, 1.82) is 0 Å². The summed E-state index contributed by atoms with van der Waals surface area (Å²) in [4.78, 5) is 34.9. The Bertz CT molecular complexity index is 1010. The highest BCUT2D eigenvalue weighted by molar-refractivity contribution is 7.14. The van der Waals surface area contributed by atoms with E-state index in [0.29, 0.717) is 37.6 Å². The number of carbonyl (C=O) groups excluding carboxylic acids is 2. The second-order valence-corrected chi connectivity index (χ2v) is 8.95. The van der Waals surface area contributed by atoms with Crippen LogP contribution in [0.15, 0.2) is 65.9 Å². The number of piperidine rings is 1. The smallest absolute Gasteiger partial charge is 0.263 e. The number of carbonyl (C=O) groups is 2. The first-order valence-corrected chi connectivity index (χ1v) is 11.7. The van der Waals surface area contributed by atoms with Crippen LogP contribution in [-0.2, 0) is 4.79 Å². The molecule has 4 rings (SSSR count). The number of likely N-dealkylation sites (tertiary alicyclic amines) is 1. The van der Waals surface area contributed by atoms with Gasteiger partial charge in [0.05, 0.1) is 10.6 Å². The summed E-state index contributed by atoms with van der Waals surface area (Å²) in [6, 6.07) is 13.7. The summed E-state index contributed by atoms with van der Waals surface area (Å²) >= 11 is 2.93. The van der Waals surface area contributed by atoms with Crippen molar-refractivity contribution < 1.29 is 9.59 Å². The van der Waals surface area contributed by atoms with Crippen molar-refractivity contribution >= 4 is 39.6 Å². The first kappa shape index (κ1) is 20.5. The van der Waals surface area contributed by atoms with E-state index in [4.69, 9.17) is 4.98 Å². The van der Waals surface area contributed by atoms with E-state index in [0.717, 1.165) is 16.1 Å². The number of thiazole rings is 1. The zero-order valence-corrected chi connectivity index (χ0v) is 18.2. The van der Waals surface area contributed by atoms with E-state index in [9.17, 15) is 9.59 Å². The second-order valence-electron chi connectivity index (χ2n) is 7.16. The number of nitrogens with zero attached hydrogens (tertiary/aromatic N) is 3. The van der Waals surface area contributed by atoms with Crippen LogP contribution in [0.4, 0.5) is 5.13 Å². The molecule has 0 spiro atoms. The maximum atomic E-state index is 13.3. The van der Waals surface area contributed by atoms with Crippen molar-refractivity contribution in [3.63, 3.8) is 0 Å². The van der Waals surface area contributed by atoms with Gasteiger partial charge in [0.25, 0.3) is 5.91 Å². The molecule has 7 heteroatoms. The van der Waals surface area contributed by atoms with Crippen LogP contribution in [0, 0.1) is 5.92 Å². The minimum Gasteiger partial charge on any atom is -0.338 e. The van der Waals surface area contributed by atoms with Crippen molar-refractivity contribution in [2.75, 3.05) is 24.5 Å². The molecule has 0 aliphatic carbocycles. The van der Waals surface area contributed by atoms with Crippen LogP contribution in [0.2, 0.25) is 0 Å². The topological polar surface area (TPSA) is 53.5 Å². The van der Waals surface area contributed by atoms with Gasteiger partial charge in [0, 0.05) is 36.5 Å². The molecule has 2 aromatic heterocycles. The molecule has 0 unspecified atom stereocenters. The molecular weight excluding hydrogens is 414 g/mol. The molecule has 1 aromatic carbocycles. The summed E-state index contributed by atoms with van der Waals surface area (Å²) in [6.07, 6.45) is 3.07. The zero-order valence-electron chi connectivity index (χ0n) is 16.6. The summed E-state index contributed by atoms with van der Waals surface area (Å²) in [5.41, 5.74) is 1.90. The normalized spacial score (nSPS) is 14.5. The van der Waals surface area contributed by atoms with E-state index in [1.54, 1.807) is 11.0 Å². The average molecular weight is 438 g/mol. The van der Waals surface area contributed by atoms with E-state index < -0.39 is 0 Å². The number of aromatic nitrogens is 1. The van der Waals surface area contributed by atoms with Gasteiger partial charge in [-0.15, -0.1) is 29.3 Å². The zero-order chi connectivity index (χ0) is 20.9. The first-order chi connectivity index (χ1) is 14.7. The van der Waals surface area contributed by atoms with E-state index in [-0.39, 0.29) is 17.7 Å². The quantitative estimate of drug-likeness (QED) is 0.513. The number of rotatable bonds is 6. The molecule has 0 radical (unpaired) electrons. The Kier molecular flexibility index (Phi) is 6.40. The second kappa shape index (κ2) is 9.36. The van der Waals surface area contributed by atoms with Crippen molar-refractivity contribution in [2.45, 2.75) is 12.8 Å². The summed E-state index contributed by atoms with van der Waals surface area (Å²) in [7, 11) is 0. The Hall–Kier alpha value is -2.77. The van der Waals surface area contributed by atoms with Gasteiger partial charge >= 0.3 is 0 Å². The largest absolute Gasteiger partial charge is 0.338 e. The van der Waals surface area contributed by atoms with Gasteiger partial charge < -0.3 is 4.90 Å². The van der Waals surface area contributed by atoms with Gasteiger partial charge in [0.15, 0.2) is 5.13 Å². The molecule has 3 aromatic rings. The highest BCUT2D eigenvalue weighted by Crippen LogP contribution is 2.30. The number of thiophene rings is 1. The lowest BCUT2D eigenvalue weighted by Gasteiger charge is -2.33. The molecular formula is C23H23N3O2S2. The van der Waals surface area contributed by atoms with Crippen molar-refractivity contribution in [3.05, 3.63) is 70.8 Å². The Morgan fingerprint density at radius 3 is 2.57 bits per heavy atom. The lowest BCUT2D eigenvalue weighted by Crippen LogP contribution is -2.44. The Morgan fingerprint density at radius 1 is 1.13 bits per heavy atom. The molecule has 1 saturated heterocycles. The minimum atomic E-state index is -0.110. The predicted molar refractivity (Wildman–Crippen MR) is 123 cm³/mol. The third-order valence-electron chi connectivity index (χ3n) is 5.23. The standard InChI is InChI=1S/C23H23N3O2S2/c1-2-12-26(23-24-19(16-30-23)17-7-4-3-5-8-17)21(27)18-10-13-25(14-11-18)22(28)20-9-6-15-29-20/h2-9,15-16,18H,1,10-14H2.